The van der Waals surface area contributed by atoms with E-state index in [1.807, 2.05) is 0 Å². The minimum Gasteiger partial charge on any atom is -0.457 e. The molecule has 29 heavy (non-hydrogen) atoms. The van der Waals surface area contributed by atoms with Crippen LogP contribution in [0, 0.1) is 11.6 Å². The van der Waals surface area contributed by atoms with E-state index in [0.29, 0.717) is 17.1 Å². The molecule has 0 spiro atoms. The minimum atomic E-state index is -0.848. The number of hydrogen-bond donors (Lipinski definition) is 2. The van der Waals surface area contributed by atoms with Gasteiger partial charge in [0, 0.05) is 11.1 Å². The second-order valence-corrected chi connectivity index (χ2v) is 6.32. The summed E-state index contributed by atoms with van der Waals surface area (Å²) in [4.78, 5) is 12.0. The molecule has 4 rings (SSSR count). The Labute approximate surface area is 163 Å². The predicted molar refractivity (Wildman–Crippen MR) is 103 cm³/mol. The fraction of sp³-hybridized carbons (Fsp3) is 0.0455. The number of nitrogens with two attached hydrogens (primary N) is 1. The van der Waals surface area contributed by atoms with Gasteiger partial charge < -0.3 is 20.0 Å². The van der Waals surface area contributed by atoms with Gasteiger partial charge >= 0.3 is 0 Å². The number of aliphatic hydroxyl groups excluding tert-OH is 1. The summed E-state index contributed by atoms with van der Waals surface area (Å²) in [7, 11) is 0. The maximum atomic E-state index is 14.7. The van der Waals surface area contributed by atoms with Crippen LogP contribution < -0.4 is 10.5 Å². The van der Waals surface area contributed by atoms with Crippen molar-refractivity contribution in [1.29, 1.82) is 0 Å². The Morgan fingerprint density at radius 1 is 0.966 bits per heavy atom. The third kappa shape index (κ3) is 3.43. The lowest BCUT2D eigenvalue weighted by Gasteiger charge is -2.06. The number of primary amides is 1. The molecule has 0 aliphatic rings. The van der Waals surface area contributed by atoms with E-state index in [2.05, 4.69) is 0 Å². The molecular formula is C22H15F2NO4. The van der Waals surface area contributed by atoms with Gasteiger partial charge in [-0.2, -0.15) is 0 Å². The molecular weight excluding hydrogens is 380 g/mol. The number of hydrogen-bond acceptors (Lipinski definition) is 4. The number of carbonyl (C=O) groups is 1. The van der Waals surface area contributed by atoms with Crippen LogP contribution in [0.1, 0.15) is 15.9 Å². The standard InChI is InChI=1S/C22H15F2NO4/c23-14-4-8-16(9-5-14)28-15-6-1-12(2-7-15)21-19(22(25)27)18-17(29-21)10-3-13(11-26)20(18)24/h1-10,26H,11H2,(H2,25,27). The maximum Gasteiger partial charge on any atom is 0.253 e. The monoisotopic (exact) mass is 395 g/mol. The summed E-state index contributed by atoms with van der Waals surface area (Å²) in [5.74, 6) is -0.905. The Morgan fingerprint density at radius 3 is 2.17 bits per heavy atom. The molecule has 0 saturated heterocycles. The van der Waals surface area contributed by atoms with E-state index >= 15 is 0 Å². The van der Waals surface area contributed by atoms with Crippen LogP contribution in [0.25, 0.3) is 22.3 Å². The topological polar surface area (TPSA) is 85.7 Å². The van der Waals surface area contributed by atoms with E-state index in [1.165, 1.54) is 36.4 Å². The van der Waals surface area contributed by atoms with E-state index in [-0.39, 0.29) is 33.7 Å². The van der Waals surface area contributed by atoms with Gasteiger partial charge in [-0.15, -0.1) is 0 Å². The first-order valence-electron chi connectivity index (χ1n) is 8.66. The van der Waals surface area contributed by atoms with Crippen molar-refractivity contribution in [3.05, 3.63) is 83.4 Å². The SMILES string of the molecule is NC(=O)c1c(-c2ccc(Oc3ccc(F)cc3)cc2)oc2ccc(CO)c(F)c12. The molecule has 1 heterocycles. The van der Waals surface area contributed by atoms with Crippen molar-refractivity contribution >= 4 is 16.9 Å². The summed E-state index contributed by atoms with van der Waals surface area (Å²) in [6.45, 7) is -0.518. The number of aliphatic hydroxyl groups is 1. The molecule has 3 aromatic carbocycles. The lowest BCUT2D eigenvalue weighted by Crippen LogP contribution is -2.12. The molecule has 0 atom stereocenters. The van der Waals surface area contributed by atoms with Crippen LogP contribution in [0.5, 0.6) is 11.5 Å². The van der Waals surface area contributed by atoms with Gasteiger partial charge in [-0.05, 0) is 54.6 Å². The van der Waals surface area contributed by atoms with Gasteiger partial charge in [0.2, 0.25) is 0 Å². The first-order chi connectivity index (χ1) is 14.0. The summed E-state index contributed by atoms with van der Waals surface area (Å²) in [5, 5.41) is 9.21. The van der Waals surface area contributed by atoms with Crippen LogP contribution in [0.2, 0.25) is 0 Å². The average molecular weight is 395 g/mol. The number of furan rings is 1. The molecule has 146 valence electrons. The fourth-order valence-corrected chi connectivity index (χ4v) is 3.07. The van der Waals surface area contributed by atoms with E-state index in [0.717, 1.165) is 0 Å². The molecule has 5 nitrogen and oxygen atoms in total. The Morgan fingerprint density at radius 2 is 1.59 bits per heavy atom. The largest absolute Gasteiger partial charge is 0.457 e. The molecule has 0 aliphatic heterocycles. The maximum absolute atomic E-state index is 14.7. The molecule has 0 radical (unpaired) electrons. The number of benzene rings is 3. The smallest absolute Gasteiger partial charge is 0.253 e. The van der Waals surface area contributed by atoms with Crippen LogP contribution in [0.15, 0.2) is 65.1 Å². The molecule has 3 N–H and O–H groups in total. The molecule has 0 bridgehead atoms. The molecule has 7 heteroatoms. The van der Waals surface area contributed by atoms with Gasteiger partial charge in [-0.25, -0.2) is 8.78 Å². The average Bonchev–Trinajstić information content (AvgIpc) is 3.11. The zero-order valence-corrected chi connectivity index (χ0v) is 15.0. The number of halogens is 2. The number of fused-ring (bicyclic) bond motifs is 1. The Bertz CT molecular complexity index is 1200. The van der Waals surface area contributed by atoms with Crippen molar-refractivity contribution in [2.24, 2.45) is 5.73 Å². The van der Waals surface area contributed by atoms with Crippen molar-refractivity contribution < 1.29 is 27.8 Å². The van der Waals surface area contributed by atoms with Crippen LogP contribution in [-0.4, -0.2) is 11.0 Å². The lowest BCUT2D eigenvalue weighted by atomic mass is 10.0. The molecule has 0 saturated carbocycles. The fourth-order valence-electron chi connectivity index (χ4n) is 3.07. The van der Waals surface area contributed by atoms with Gasteiger partial charge in [0.15, 0.2) is 0 Å². The summed E-state index contributed by atoms with van der Waals surface area (Å²) in [6, 6.07) is 14.9. The van der Waals surface area contributed by atoms with Gasteiger partial charge in [-0.1, -0.05) is 6.07 Å². The Kier molecular flexibility index (Phi) is 4.74. The van der Waals surface area contributed by atoms with E-state index in [1.54, 1.807) is 24.3 Å². The van der Waals surface area contributed by atoms with Crippen molar-refractivity contribution in [2.45, 2.75) is 6.61 Å². The van der Waals surface area contributed by atoms with Crippen molar-refractivity contribution in [3.63, 3.8) is 0 Å². The third-order valence-electron chi connectivity index (χ3n) is 4.46. The molecule has 0 fully saturated rings. The van der Waals surface area contributed by atoms with E-state index in [4.69, 9.17) is 14.9 Å². The number of ether oxygens (including phenoxy) is 1. The highest BCUT2D eigenvalue weighted by Crippen LogP contribution is 2.36. The van der Waals surface area contributed by atoms with Crippen LogP contribution >= 0.6 is 0 Å². The third-order valence-corrected chi connectivity index (χ3v) is 4.46. The van der Waals surface area contributed by atoms with Crippen LogP contribution in [0.4, 0.5) is 8.78 Å². The molecule has 0 aliphatic carbocycles. The Hall–Kier alpha value is -3.71. The number of rotatable bonds is 5. The predicted octanol–water partition coefficient (Wildman–Crippen LogP) is 4.76. The van der Waals surface area contributed by atoms with Crippen LogP contribution in [0.3, 0.4) is 0 Å². The van der Waals surface area contributed by atoms with Crippen molar-refractivity contribution in [2.75, 3.05) is 0 Å². The summed E-state index contributed by atoms with van der Waals surface area (Å²) >= 11 is 0. The van der Waals surface area contributed by atoms with Gasteiger partial charge in [-0.3, -0.25) is 4.79 Å². The summed E-state index contributed by atoms with van der Waals surface area (Å²) < 4.78 is 39.0. The zero-order chi connectivity index (χ0) is 20.5. The van der Waals surface area contributed by atoms with Gasteiger partial charge in [0.05, 0.1) is 17.6 Å². The summed E-state index contributed by atoms with van der Waals surface area (Å²) in [6.07, 6.45) is 0. The highest BCUT2D eigenvalue weighted by Gasteiger charge is 2.24. The second-order valence-electron chi connectivity index (χ2n) is 6.32. The lowest BCUT2D eigenvalue weighted by molar-refractivity contribution is 0.100. The first kappa shape index (κ1) is 18.6. The molecule has 0 unspecified atom stereocenters. The quantitative estimate of drug-likeness (QED) is 0.510. The highest BCUT2D eigenvalue weighted by atomic mass is 19.1. The molecule has 1 amide bonds. The Balaban J connectivity index is 1.74. The van der Waals surface area contributed by atoms with Gasteiger partial charge in [0.25, 0.3) is 5.91 Å². The normalized spacial score (nSPS) is 11.0. The van der Waals surface area contributed by atoms with E-state index in [9.17, 15) is 18.7 Å². The van der Waals surface area contributed by atoms with Crippen molar-refractivity contribution in [1.82, 2.24) is 0 Å². The van der Waals surface area contributed by atoms with Gasteiger partial charge in [0.1, 0.15) is 34.5 Å². The first-order valence-corrected chi connectivity index (χ1v) is 8.66. The van der Waals surface area contributed by atoms with E-state index < -0.39 is 18.3 Å². The minimum absolute atomic E-state index is 0.0374. The van der Waals surface area contributed by atoms with Crippen molar-refractivity contribution in [3.8, 4) is 22.8 Å². The zero-order valence-electron chi connectivity index (χ0n) is 15.0. The van der Waals surface area contributed by atoms with Crippen LogP contribution in [-0.2, 0) is 6.61 Å². The number of carbonyl (C=O) groups excluding carboxylic acids is 1. The molecule has 1 aromatic heterocycles. The molecule has 4 aromatic rings. The number of amides is 1. The summed E-state index contributed by atoms with van der Waals surface area (Å²) in [5.41, 5.74) is 6.06. The second kappa shape index (κ2) is 7.37. The highest BCUT2D eigenvalue weighted by molar-refractivity contribution is 6.10.